The number of hydrogen-bond acceptors (Lipinski definition) is 8. The largest absolute Gasteiger partial charge is 0.394 e. The summed E-state index contributed by atoms with van der Waals surface area (Å²) in [6.07, 6.45) is 45.5. The molecular formula is C54H107NO8. The van der Waals surface area contributed by atoms with Gasteiger partial charge in [-0.1, -0.05) is 264 Å². The topological polar surface area (TPSA) is 149 Å². The summed E-state index contributed by atoms with van der Waals surface area (Å²) in [4.78, 5) is 13.1. The monoisotopic (exact) mass is 898 g/mol. The number of carbonyl (C=O) groups excluding carboxylic acids is 1. The first-order valence-corrected chi connectivity index (χ1v) is 27.7. The molecule has 376 valence electrons. The minimum Gasteiger partial charge on any atom is -0.394 e. The Morgan fingerprint density at radius 1 is 0.476 bits per heavy atom. The molecule has 0 aromatic heterocycles. The van der Waals surface area contributed by atoms with Gasteiger partial charge in [-0.25, -0.2) is 0 Å². The Morgan fingerprint density at radius 2 is 0.794 bits per heavy atom. The normalized spacial score (nSPS) is 20.0. The lowest BCUT2D eigenvalue weighted by Gasteiger charge is -2.40. The maximum atomic E-state index is 13.1. The molecule has 7 atom stereocenters. The Balaban J connectivity index is 2.22. The first-order chi connectivity index (χ1) is 30.8. The number of aliphatic hydroxyl groups excluding tert-OH is 5. The van der Waals surface area contributed by atoms with Crippen molar-refractivity contribution in [1.82, 2.24) is 5.32 Å². The highest BCUT2D eigenvalue weighted by molar-refractivity contribution is 5.76. The first-order valence-electron chi connectivity index (χ1n) is 27.7. The Morgan fingerprint density at radius 3 is 1.13 bits per heavy atom. The minimum absolute atomic E-state index is 0.131. The molecule has 1 aliphatic heterocycles. The average molecular weight is 898 g/mol. The van der Waals surface area contributed by atoms with E-state index in [1.54, 1.807) is 0 Å². The molecule has 0 aromatic rings. The van der Waals surface area contributed by atoms with Gasteiger partial charge in [-0.15, -0.1) is 0 Å². The van der Waals surface area contributed by atoms with E-state index in [0.717, 1.165) is 38.5 Å². The van der Waals surface area contributed by atoms with Gasteiger partial charge in [0.05, 0.1) is 25.4 Å². The highest BCUT2D eigenvalue weighted by atomic mass is 16.7. The average Bonchev–Trinajstić information content (AvgIpc) is 3.28. The quantitative estimate of drug-likeness (QED) is 0.0331. The van der Waals surface area contributed by atoms with Gasteiger partial charge in [-0.05, 0) is 12.8 Å². The van der Waals surface area contributed by atoms with E-state index in [9.17, 15) is 30.3 Å². The molecule has 6 N–H and O–H groups in total. The maximum absolute atomic E-state index is 13.1. The summed E-state index contributed by atoms with van der Waals surface area (Å²) < 4.78 is 11.3. The molecule has 0 bridgehead atoms. The van der Waals surface area contributed by atoms with Crippen molar-refractivity contribution in [2.75, 3.05) is 13.2 Å². The molecule has 1 rings (SSSR count). The van der Waals surface area contributed by atoms with E-state index >= 15 is 0 Å². The molecule has 9 heteroatoms. The molecule has 1 amide bonds. The van der Waals surface area contributed by atoms with Crippen LogP contribution in [0.2, 0.25) is 0 Å². The predicted molar refractivity (Wildman–Crippen MR) is 263 cm³/mol. The molecule has 0 saturated carbocycles. The molecule has 1 saturated heterocycles. The Labute approximate surface area is 389 Å². The van der Waals surface area contributed by atoms with Crippen LogP contribution in [0.5, 0.6) is 0 Å². The standard InChI is InChI=1S/C54H107NO8/c1-3-5-7-9-11-13-15-17-19-21-23-25-27-29-31-33-35-37-39-41-43-48(57)47(46-62-54-53(61)52(60)51(59)49(45-56)63-54)55-50(58)44-42-40-38-36-34-32-30-28-26-24-22-20-18-16-14-12-10-8-6-4-2/h47-49,51-54,56-57,59-61H,3-46H2,1-2H3,(H,55,58). The molecule has 0 spiro atoms. The molecule has 63 heavy (non-hydrogen) atoms. The van der Waals surface area contributed by atoms with Crippen molar-refractivity contribution in [2.45, 2.75) is 326 Å². The smallest absolute Gasteiger partial charge is 0.220 e. The molecule has 1 fully saturated rings. The van der Waals surface area contributed by atoms with Crippen LogP contribution in [0.4, 0.5) is 0 Å². The second kappa shape index (κ2) is 45.0. The molecule has 7 unspecified atom stereocenters. The predicted octanol–water partition coefficient (Wildman–Crippen LogP) is 13.1. The van der Waals surface area contributed by atoms with Crippen LogP contribution in [-0.4, -0.2) is 87.5 Å². The number of ether oxygens (including phenoxy) is 2. The zero-order valence-electron chi connectivity index (χ0n) is 41.6. The van der Waals surface area contributed by atoms with Crippen LogP contribution >= 0.6 is 0 Å². The summed E-state index contributed by atoms with van der Waals surface area (Å²) in [7, 11) is 0. The number of unbranched alkanes of at least 4 members (excludes halogenated alkanes) is 38. The Kier molecular flexibility index (Phi) is 43.0. The summed E-state index contributed by atoms with van der Waals surface area (Å²) in [6, 6.07) is -0.713. The summed E-state index contributed by atoms with van der Waals surface area (Å²) in [5.74, 6) is -0.137. The lowest BCUT2D eigenvalue weighted by Crippen LogP contribution is -2.60. The van der Waals surface area contributed by atoms with Gasteiger partial charge in [-0.2, -0.15) is 0 Å². The van der Waals surface area contributed by atoms with Gasteiger partial charge in [0, 0.05) is 6.42 Å². The van der Waals surface area contributed by atoms with Crippen molar-refractivity contribution in [3.8, 4) is 0 Å². The zero-order valence-corrected chi connectivity index (χ0v) is 41.6. The van der Waals surface area contributed by atoms with E-state index in [-0.39, 0.29) is 12.5 Å². The Hall–Kier alpha value is -0.810. The van der Waals surface area contributed by atoms with Crippen molar-refractivity contribution in [3.63, 3.8) is 0 Å². The number of carbonyl (C=O) groups is 1. The second-order valence-electron chi connectivity index (χ2n) is 19.7. The minimum atomic E-state index is -1.55. The van der Waals surface area contributed by atoms with Crippen molar-refractivity contribution < 1.29 is 39.8 Å². The molecule has 0 radical (unpaired) electrons. The van der Waals surface area contributed by atoms with E-state index in [0.29, 0.717) is 12.8 Å². The van der Waals surface area contributed by atoms with E-state index in [1.807, 2.05) is 0 Å². The van der Waals surface area contributed by atoms with Gasteiger partial charge in [-0.3, -0.25) is 4.79 Å². The van der Waals surface area contributed by atoms with Crippen LogP contribution in [0.1, 0.15) is 284 Å². The number of amides is 1. The van der Waals surface area contributed by atoms with E-state index < -0.39 is 49.5 Å². The third-order valence-corrected chi connectivity index (χ3v) is 13.7. The van der Waals surface area contributed by atoms with Crippen LogP contribution < -0.4 is 5.32 Å². The lowest BCUT2D eigenvalue weighted by atomic mass is 9.99. The Bertz CT molecular complexity index is 955. The van der Waals surface area contributed by atoms with Gasteiger partial charge in [0.25, 0.3) is 0 Å². The number of rotatable bonds is 48. The van der Waals surface area contributed by atoms with Crippen molar-refractivity contribution in [3.05, 3.63) is 0 Å². The number of nitrogens with one attached hydrogen (secondary N) is 1. The van der Waals surface area contributed by atoms with Gasteiger partial charge in [0.15, 0.2) is 6.29 Å². The summed E-state index contributed by atoms with van der Waals surface area (Å²) in [5, 5.41) is 54.6. The van der Waals surface area contributed by atoms with Crippen molar-refractivity contribution in [2.24, 2.45) is 0 Å². The number of hydrogen-bond donors (Lipinski definition) is 6. The van der Waals surface area contributed by atoms with E-state index in [4.69, 9.17) is 9.47 Å². The van der Waals surface area contributed by atoms with Crippen LogP contribution in [-0.2, 0) is 14.3 Å². The zero-order chi connectivity index (χ0) is 45.9. The van der Waals surface area contributed by atoms with Gasteiger partial charge < -0.3 is 40.3 Å². The fourth-order valence-corrected chi connectivity index (χ4v) is 9.28. The van der Waals surface area contributed by atoms with Crippen LogP contribution in [0.15, 0.2) is 0 Å². The van der Waals surface area contributed by atoms with Crippen LogP contribution in [0.25, 0.3) is 0 Å². The van der Waals surface area contributed by atoms with E-state index in [2.05, 4.69) is 19.2 Å². The maximum Gasteiger partial charge on any atom is 0.220 e. The molecule has 1 heterocycles. The van der Waals surface area contributed by atoms with Crippen molar-refractivity contribution >= 4 is 5.91 Å². The summed E-state index contributed by atoms with van der Waals surface area (Å²) >= 11 is 0. The molecule has 9 nitrogen and oxygen atoms in total. The molecular weight excluding hydrogens is 791 g/mol. The van der Waals surface area contributed by atoms with Crippen molar-refractivity contribution in [1.29, 1.82) is 0 Å². The third-order valence-electron chi connectivity index (χ3n) is 13.7. The van der Waals surface area contributed by atoms with Crippen LogP contribution in [0, 0.1) is 0 Å². The van der Waals surface area contributed by atoms with Crippen LogP contribution in [0.3, 0.4) is 0 Å². The third kappa shape index (κ3) is 35.1. The van der Waals surface area contributed by atoms with Gasteiger partial charge in [0.2, 0.25) is 5.91 Å². The summed E-state index contributed by atoms with van der Waals surface area (Å²) in [6.45, 7) is 3.88. The molecule has 1 aliphatic rings. The number of aliphatic hydroxyl groups is 5. The first kappa shape index (κ1) is 60.2. The summed E-state index contributed by atoms with van der Waals surface area (Å²) in [5.41, 5.74) is 0. The van der Waals surface area contributed by atoms with E-state index in [1.165, 1.54) is 218 Å². The SMILES string of the molecule is CCCCCCCCCCCCCCCCCCCCCCC(=O)NC(COC1OC(CO)C(O)C(O)C1O)C(O)CCCCCCCCCCCCCCCCCCCCCC. The highest BCUT2D eigenvalue weighted by Crippen LogP contribution is 2.23. The van der Waals surface area contributed by atoms with Gasteiger partial charge in [0.1, 0.15) is 24.4 Å². The fourth-order valence-electron chi connectivity index (χ4n) is 9.28. The highest BCUT2D eigenvalue weighted by Gasteiger charge is 2.44. The second-order valence-corrected chi connectivity index (χ2v) is 19.7. The fraction of sp³-hybridized carbons (Fsp3) is 0.981. The lowest BCUT2D eigenvalue weighted by molar-refractivity contribution is -0.302. The molecule has 0 aliphatic carbocycles. The van der Waals surface area contributed by atoms with Gasteiger partial charge >= 0.3 is 0 Å². The molecule has 0 aromatic carbocycles.